The fraction of sp³-hybridized carbons (Fsp3) is 0.417. The molecule has 0 fully saturated rings. The van der Waals surface area contributed by atoms with Gasteiger partial charge in [-0.15, -0.1) is 5.10 Å². The average Bonchev–Trinajstić information content (AvgIpc) is 2.85. The van der Waals surface area contributed by atoms with E-state index >= 15 is 0 Å². The number of aromatic nitrogens is 3. The van der Waals surface area contributed by atoms with E-state index in [0.29, 0.717) is 0 Å². The lowest BCUT2D eigenvalue weighted by molar-refractivity contribution is 0.631. The van der Waals surface area contributed by atoms with E-state index in [1.165, 1.54) is 16.4 Å². The highest BCUT2D eigenvalue weighted by Crippen LogP contribution is 2.26. The Kier molecular flexibility index (Phi) is 4.17. The van der Waals surface area contributed by atoms with Crippen molar-refractivity contribution in [3.05, 3.63) is 40.7 Å². The van der Waals surface area contributed by atoms with Crippen molar-refractivity contribution >= 4 is 11.5 Å². The number of nitrogens with one attached hydrogen (secondary N) is 1. The van der Waals surface area contributed by atoms with E-state index in [1.54, 1.807) is 6.20 Å². The standard InChI is InChI=1S/C12H16N4S/c1-3-10-12(17-16-15-10)11(14-4-2)9-6-5-7-13-8-9/h5-8,11,14H,3-4H2,1-2H3. The summed E-state index contributed by atoms with van der Waals surface area (Å²) in [6, 6.07) is 4.20. The number of hydrogen-bond donors (Lipinski definition) is 1. The van der Waals surface area contributed by atoms with Crippen LogP contribution in [0.25, 0.3) is 0 Å². The highest BCUT2D eigenvalue weighted by atomic mass is 32.1. The van der Waals surface area contributed by atoms with Gasteiger partial charge in [-0.05, 0) is 36.1 Å². The first-order chi connectivity index (χ1) is 8.36. The van der Waals surface area contributed by atoms with Gasteiger partial charge in [0.15, 0.2) is 0 Å². The lowest BCUT2D eigenvalue weighted by Gasteiger charge is -2.16. The summed E-state index contributed by atoms with van der Waals surface area (Å²) in [5.41, 5.74) is 2.24. The normalized spacial score (nSPS) is 12.6. The molecule has 0 aromatic carbocycles. The summed E-state index contributed by atoms with van der Waals surface area (Å²) in [5.74, 6) is 0. The minimum absolute atomic E-state index is 0.156. The molecule has 1 unspecified atom stereocenters. The third-order valence-corrected chi connectivity index (χ3v) is 3.44. The summed E-state index contributed by atoms with van der Waals surface area (Å²) >= 11 is 1.47. The predicted molar refractivity (Wildman–Crippen MR) is 69.0 cm³/mol. The summed E-state index contributed by atoms with van der Waals surface area (Å²) < 4.78 is 4.05. The Morgan fingerprint density at radius 3 is 2.94 bits per heavy atom. The number of hydrogen-bond acceptors (Lipinski definition) is 5. The molecule has 0 saturated carbocycles. The largest absolute Gasteiger partial charge is 0.306 e. The van der Waals surface area contributed by atoms with Crippen LogP contribution >= 0.6 is 11.5 Å². The first-order valence-corrected chi connectivity index (χ1v) is 6.58. The molecule has 17 heavy (non-hydrogen) atoms. The van der Waals surface area contributed by atoms with Crippen LogP contribution in [0.3, 0.4) is 0 Å². The van der Waals surface area contributed by atoms with Crippen LogP contribution in [0.2, 0.25) is 0 Å². The van der Waals surface area contributed by atoms with Crippen LogP contribution in [-0.4, -0.2) is 21.1 Å². The Morgan fingerprint density at radius 1 is 1.41 bits per heavy atom. The van der Waals surface area contributed by atoms with E-state index < -0.39 is 0 Å². The molecule has 0 aliphatic rings. The molecule has 2 aromatic heterocycles. The van der Waals surface area contributed by atoms with Gasteiger partial charge in [0.2, 0.25) is 0 Å². The van der Waals surface area contributed by atoms with Gasteiger partial charge in [-0.25, -0.2) is 0 Å². The summed E-state index contributed by atoms with van der Waals surface area (Å²) in [4.78, 5) is 5.37. The Morgan fingerprint density at radius 2 is 2.29 bits per heavy atom. The monoisotopic (exact) mass is 248 g/mol. The molecule has 0 amide bonds. The molecular weight excluding hydrogens is 232 g/mol. The first kappa shape index (κ1) is 12.1. The van der Waals surface area contributed by atoms with Crippen molar-refractivity contribution in [2.45, 2.75) is 26.3 Å². The van der Waals surface area contributed by atoms with E-state index in [1.807, 2.05) is 12.3 Å². The third kappa shape index (κ3) is 2.68. The zero-order chi connectivity index (χ0) is 12.1. The lowest BCUT2D eigenvalue weighted by atomic mass is 10.1. The molecule has 4 nitrogen and oxygen atoms in total. The van der Waals surface area contributed by atoms with Crippen molar-refractivity contribution in [2.75, 3.05) is 6.54 Å². The van der Waals surface area contributed by atoms with Crippen LogP contribution in [0.1, 0.15) is 36.0 Å². The van der Waals surface area contributed by atoms with E-state index in [4.69, 9.17) is 0 Å². The van der Waals surface area contributed by atoms with Crippen molar-refractivity contribution in [3.63, 3.8) is 0 Å². The van der Waals surface area contributed by atoms with E-state index in [2.05, 4.69) is 39.8 Å². The molecule has 2 heterocycles. The van der Waals surface area contributed by atoms with Gasteiger partial charge < -0.3 is 5.32 Å². The number of aryl methyl sites for hydroxylation is 1. The molecule has 2 rings (SSSR count). The van der Waals surface area contributed by atoms with Crippen molar-refractivity contribution in [1.29, 1.82) is 0 Å². The van der Waals surface area contributed by atoms with Gasteiger partial charge in [0, 0.05) is 12.4 Å². The molecule has 0 aliphatic heterocycles. The Balaban J connectivity index is 2.36. The van der Waals surface area contributed by atoms with E-state index in [9.17, 15) is 0 Å². The maximum Gasteiger partial charge on any atom is 0.0804 e. The molecule has 0 saturated heterocycles. The second-order valence-electron chi connectivity index (χ2n) is 3.71. The van der Waals surface area contributed by atoms with Crippen LogP contribution in [0.4, 0.5) is 0 Å². The predicted octanol–water partition coefficient (Wildman–Crippen LogP) is 2.19. The fourth-order valence-electron chi connectivity index (χ4n) is 1.79. The van der Waals surface area contributed by atoms with Crippen molar-refractivity contribution in [3.8, 4) is 0 Å². The number of nitrogens with zero attached hydrogens (tertiary/aromatic N) is 3. The van der Waals surface area contributed by atoms with Crippen LogP contribution in [-0.2, 0) is 6.42 Å². The van der Waals surface area contributed by atoms with Crippen LogP contribution in [0.5, 0.6) is 0 Å². The van der Waals surface area contributed by atoms with E-state index in [0.717, 1.165) is 24.2 Å². The Bertz CT molecular complexity index is 455. The first-order valence-electron chi connectivity index (χ1n) is 5.81. The highest BCUT2D eigenvalue weighted by molar-refractivity contribution is 7.05. The molecular formula is C12H16N4S. The molecule has 0 spiro atoms. The maximum absolute atomic E-state index is 4.18. The smallest absolute Gasteiger partial charge is 0.0804 e. The molecule has 0 radical (unpaired) electrons. The molecule has 1 N–H and O–H groups in total. The van der Waals surface area contributed by atoms with Gasteiger partial charge in [-0.3, -0.25) is 4.98 Å². The minimum atomic E-state index is 0.156. The summed E-state index contributed by atoms with van der Waals surface area (Å²) in [6.45, 7) is 5.11. The highest BCUT2D eigenvalue weighted by Gasteiger charge is 2.19. The van der Waals surface area contributed by atoms with Gasteiger partial charge in [0.1, 0.15) is 0 Å². The van der Waals surface area contributed by atoms with Gasteiger partial charge in [0.05, 0.1) is 16.6 Å². The van der Waals surface area contributed by atoms with Gasteiger partial charge in [-0.1, -0.05) is 24.4 Å². The van der Waals surface area contributed by atoms with Crippen molar-refractivity contribution < 1.29 is 0 Å². The molecule has 2 aromatic rings. The molecule has 1 atom stereocenters. The third-order valence-electron chi connectivity index (χ3n) is 2.61. The topological polar surface area (TPSA) is 50.7 Å². The second-order valence-corrected chi connectivity index (χ2v) is 4.50. The molecule has 5 heteroatoms. The SMILES string of the molecule is CCNC(c1cccnc1)c1snnc1CC. The van der Waals surface area contributed by atoms with Crippen molar-refractivity contribution in [2.24, 2.45) is 0 Å². The quantitative estimate of drug-likeness (QED) is 0.881. The number of pyridine rings is 1. The Labute approximate surface area is 105 Å². The van der Waals surface area contributed by atoms with Crippen LogP contribution < -0.4 is 5.32 Å². The van der Waals surface area contributed by atoms with Gasteiger partial charge >= 0.3 is 0 Å². The van der Waals surface area contributed by atoms with Gasteiger partial charge in [-0.2, -0.15) is 0 Å². The summed E-state index contributed by atoms with van der Waals surface area (Å²) in [7, 11) is 0. The van der Waals surface area contributed by atoms with Gasteiger partial charge in [0.25, 0.3) is 0 Å². The van der Waals surface area contributed by atoms with Crippen LogP contribution in [0, 0.1) is 0 Å². The molecule has 90 valence electrons. The van der Waals surface area contributed by atoms with Crippen molar-refractivity contribution in [1.82, 2.24) is 19.9 Å². The zero-order valence-electron chi connectivity index (χ0n) is 10.1. The van der Waals surface area contributed by atoms with Crippen LogP contribution in [0.15, 0.2) is 24.5 Å². The summed E-state index contributed by atoms with van der Waals surface area (Å²) in [6.07, 6.45) is 4.60. The fourth-order valence-corrected chi connectivity index (χ4v) is 2.64. The summed E-state index contributed by atoms with van der Waals surface area (Å²) in [5, 5.41) is 7.64. The average molecular weight is 248 g/mol. The lowest BCUT2D eigenvalue weighted by Crippen LogP contribution is -2.22. The maximum atomic E-state index is 4.18. The second kappa shape index (κ2) is 5.84. The number of rotatable bonds is 5. The molecule has 0 bridgehead atoms. The Hall–Kier alpha value is -1.33. The van der Waals surface area contributed by atoms with E-state index in [-0.39, 0.29) is 6.04 Å². The zero-order valence-corrected chi connectivity index (χ0v) is 10.9. The molecule has 0 aliphatic carbocycles. The minimum Gasteiger partial charge on any atom is -0.306 e.